The van der Waals surface area contributed by atoms with Gasteiger partial charge in [-0.05, 0) is 44.9 Å². The molecule has 0 fully saturated rings. The maximum atomic E-state index is 12.3. The zero-order valence-corrected chi connectivity index (χ0v) is 31.0. The molecule has 278 valence electrons. The van der Waals surface area contributed by atoms with E-state index < -0.39 is 36.9 Å². The molecule has 0 saturated carbocycles. The Hall–Kier alpha value is -1.21. The summed E-state index contributed by atoms with van der Waals surface area (Å²) in [6, 6.07) is -0.979. The molecule has 0 bridgehead atoms. The first-order valence-corrected chi connectivity index (χ1v) is 20.2. The second-order valence-corrected chi connectivity index (χ2v) is 14.0. The number of hydrogen-bond acceptors (Lipinski definition) is 5. The van der Waals surface area contributed by atoms with Crippen LogP contribution in [0, 0.1) is 0 Å². The standard InChI is InChI=1S/C41H79NO5/c1-3-5-7-8-9-10-11-12-13-14-15-16-17-18-19-20-21-22-23-24-25-26-27-28-29-30-31-33-35-39(45)41(47)42-37(36-43)40(46)38(44)34-32-6-4-2/h15-16,18-19,37-40,43-46H,3-14,17,20-36H2,1-2H3,(H,42,47)/b16-15-,19-18-. The van der Waals surface area contributed by atoms with Crippen molar-refractivity contribution in [2.45, 2.75) is 224 Å². The molecule has 0 aromatic rings. The van der Waals surface area contributed by atoms with Crippen LogP contribution < -0.4 is 5.32 Å². The number of amides is 1. The molecule has 47 heavy (non-hydrogen) atoms. The molecule has 0 saturated heterocycles. The topological polar surface area (TPSA) is 110 Å². The van der Waals surface area contributed by atoms with Crippen molar-refractivity contribution in [3.63, 3.8) is 0 Å². The van der Waals surface area contributed by atoms with E-state index in [2.05, 4.69) is 43.5 Å². The number of allylic oxidation sites excluding steroid dienone is 4. The number of aliphatic hydroxyl groups is 4. The first-order chi connectivity index (χ1) is 23.0. The molecule has 0 aromatic heterocycles. The zero-order valence-electron chi connectivity index (χ0n) is 31.0. The van der Waals surface area contributed by atoms with Gasteiger partial charge < -0.3 is 25.7 Å². The minimum atomic E-state index is -1.25. The molecule has 5 N–H and O–H groups in total. The Balaban J connectivity index is 3.53. The third-order valence-corrected chi connectivity index (χ3v) is 9.42. The van der Waals surface area contributed by atoms with Gasteiger partial charge >= 0.3 is 0 Å². The first kappa shape index (κ1) is 45.8. The average Bonchev–Trinajstić information content (AvgIpc) is 3.07. The van der Waals surface area contributed by atoms with Gasteiger partial charge in [0.15, 0.2) is 0 Å². The molecule has 0 rings (SSSR count). The number of carbonyl (C=O) groups excluding carboxylic acids is 1. The highest BCUT2D eigenvalue weighted by molar-refractivity contribution is 5.80. The van der Waals surface area contributed by atoms with E-state index in [1.165, 1.54) is 128 Å². The van der Waals surface area contributed by atoms with Crippen LogP contribution in [-0.4, -0.2) is 57.3 Å². The van der Waals surface area contributed by atoms with E-state index in [-0.39, 0.29) is 0 Å². The maximum absolute atomic E-state index is 12.3. The number of hydrogen-bond donors (Lipinski definition) is 5. The molecule has 0 spiro atoms. The Kier molecular flexibility index (Phi) is 35.2. The van der Waals surface area contributed by atoms with Gasteiger partial charge in [0, 0.05) is 0 Å². The van der Waals surface area contributed by atoms with Gasteiger partial charge in [0.25, 0.3) is 0 Å². The van der Waals surface area contributed by atoms with Crippen molar-refractivity contribution in [3.8, 4) is 0 Å². The van der Waals surface area contributed by atoms with Crippen molar-refractivity contribution >= 4 is 5.91 Å². The monoisotopic (exact) mass is 666 g/mol. The van der Waals surface area contributed by atoms with E-state index >= 15 is 0 Å². The number of unbranched alkanes of at least 4 members (excludes halogenated alkanes) is 23. The summed E-state index contributed by atoms with van der Waals surface area (Å²) in [6.07, 6.45) is 40.2. The van der Waals surface area contributed by atoms with Crippen LogP contribution in [0.3, 0.4) is 0 Å². The summed E-state index contributed by atoms with van der Waals surface area (Å²) < 4.78 is 0. The van der Waals surface area contributed by atoms with Crippen LogP contribution in [0.1, 0.15) is 200 Å². The van der Waals surface area contributed by atoms with Crippen molar-refractivity contribution in [1.29, 1.82) is 0 Å². The van der Waals surface area contributed by atoms with Gasteiger partial charge in [-0.2, -0.15) is 0 Å². The van der Waals surface area contributed by atoms with Crippen molar-refractivity contribution < 1.29 is 25.2 Å². The lowest BCUT2D eigenvalue weighted by molar-refractivity contribution is -0.132. The van der Waals surface area contributed by atoms with Crippen LogP contribution in [0.5, 0.6) is 0 Å². The first-order valence-electron chi connectivity index (χ1n) is 20.2. The molecule has 0 aliphatic carbocycles. The predicted octanol–water partition coefficient (Wildman–Crippen LogP) is 10.0. The molecule has 0 aliphatic heterocycles. The molecule has 6 nitrogen and oxygen atoms in total. The van der Waals surface area contributed by atoms with Gasteiger partial charge in [-0.1, -0.05) is 179 Å². The Morgan fingerprint density at radius 3 is 1.36 bits per heavy atom. The number of nitrogens with one attached hydrogen (secondary N) is 1. The third kappa shape index (κ3) is 30.6. The zero-order chi connectivity index (χ0) is 34.6. The molecule has 1 amide bonds. The van der Waals surface area contributed by atoms with Crippen LogP contribution >= 0.6 is 0 Å². The van der Waals surface area contributed by atoms with Gasteiger partial charge in [0.2, 0.25) is 5.91 Å². The second-order valence-electron chi connectivity index (χ2n) is 14.0. The highest BCUT2D eigenvalue weighted by Crippen LogP contribution is 2.15. The Bertz CT molecular complexity index is 712. The fraction of sp³-hybridized carbons (Fsp3) is 0.878. The van der Waals surface area contributed by atoms with E-state index in [9.17, 15) is 25.2 Å². The van der Waals surface area contributed by atoms with E-state index in [4.69, 9.17) is 0 Å². The smallest absolute Gasteiger partial charge is 0.249 e. The lowest BCUT2D eigenvalue weighted by Crippen LogP contribution is -2.53. The Labute approximate surface area is 291 Å². The number of carbonyl (C=O) groups is 1. The molecular weight excluding hydrogens is 586 g/mol. The molecule has 0 aromatic carbocycles. The molecule has 0 radical (unpaired) electrons. The summed E-state index contributed by atoms with van der Waals surface area (Å²) in [4.78, 5) is 12.3. The van der Waals surface area contributed by atoms with E-state index in [1.807, 2.05) is 0 Å². The van der Waals surface area contributed by atoms with Gasteiger partial charge in [0.1, 0.15) is 12.2 Å². The largest absolute Gasteiger partial charge is 0.394 e. The molecule has 0 aliphatic rings. The molecule has 0 heterocycles. The number of aliphatic hydroxyl groups excluding tert-OH is 4. The molecule has 4 unspecified atom stereocenters. The summed E-state index contributed by atoms with van der Waals surface area (Å²) in [6.45, 7) is 3.85. The summed E-state index contributed by atoms with van der Waals surface area (Å²) in [5.41, 5.74) is 0. The summed E-state index contributed by atoms with van der Waals surface area (Å²) in [5, 5.41) is 42.7. The van der Waals surface area contributed by atoms with Crippen LogP contribution in [-0.2, 0) is 4.79 Å². The number of rotatable bonds is 36. The molecular formula is C41H79NO5. The van der Waals surface area contributed by atoms with E-state index in [0.29, 0.717) is 12.8 Å². The van der Waals surface area contributed by atoms with Crippen LogP contribution in [0.4, 0.5) is 0 Å². The quantitative estimate of drug-likeness (QED) is 0.0338. The average molecular weight is 666 g/mol. The van der Waals surface area contributed by atoms with Crippen molar-refractivity contribution in [1.82, 2.24) is 5.32 Å². The minimum Gasteiger partial charge on any atom is -0.394 e. The van der Waals surface area contributed by atoms with E-state index in [1.54, 1.807) is 0 Å². The summed E-state index contributed by atoms with van der Waals surface area (Å²) >= 11 is 0. The van der Waals surface area contributed by atoms with Crippen LogP contribution in [0.15, 0.2) is 24.3 Å². The summed E-state index contributed by atoms with van der Waals surface area (Å²) in [7, 11) is 0. The van der Waals surface area contributed by atoms with Gasteiger partial charge in [-0.25, -0.2) is 0 Å². The fourth-order valence-electron chi connectivity index (χ4n) is 6.14. The normalized spacial score (nSPS) is 14.6. The molecule has 6 heteroatoms. The second kappa shape index (κ2) is 36.1. The Morgan fingerprint density at radius 2 is 0.915 bits per heavy atom. The predicted molar refractivity (Wildman–Crippen MR) is 201 cm³/mol. The van der Waals surface area contributed by atoms with Gasteiger partial charge in [-0.3, -0.25) is 4.79 Å². The Morgan fingerprint density at radius 1 is 0.532 bits per heavy atom. The summed E-state index contributed by atoms with van der Waals surface area (Å²) in [5.74, 6) is -0.595. The third-order valence-electron chi connectivity index (χ3n) is 9.42. The maximum Gasteiger partial charge on any atom is 0.249 e. The minimum absolute atomic E-state index is 0.366. The van der Waals surface area contributed by atoms with Gasteiger partial charge in [-0.15, -0.1) is 0 Å². The molecule has 4 atom stereocenters. The van der Waals surface area contributed by atoms with E-state index in [0.717, 1.165) is 44.9 Å². The highest BCUT2D eigenvalue weighted by atomic mass is 16.3. The lowest BCUT2D eigenvalue weighted by atomic mass is 10.00. The van der Waals surface area contributed by atoms with Crippen LogP contribution in [0.25, 0.3) is 0 Å². The highest BCUT2D eigenvalue weighted by Gasteiger charge is 2.28. The SMILES string of the molecule is CCCCCCCCCCC/C=C\C/C=C\CCCCCCCCCCCCCCC(O)C(=O)NC(CO)C(O)C(O)CCCCC. The van der Waals surface area contributed by atoms with Gasteiger partial charge in [0.05, 0.1) is 18.8 Å². The van der Waals surface area contributed by atoms with Crippen LogP contribution in [0.2, 0.25) is 0 Å². The fourth-order valence-corrected chi connectivity index (χ4v) is 6.14. The lowest BCUT2D eigenvalue weighted by Gasteiger charge is -2.27. The van der Waals surface area contributed by atoms with Crippen molar-refractivity contribution in [2.24, 2.45) is 0 Å². The van der Waals surface area contributed by atoms with Crippen molar-refractivity contribution in [2.75, 3.05) is 6.61 Å². The van der Waals surface area contributed by atoms with Crippen molar-refractivity contribution in [3.05, 3.63) is 24.3 Å².